The summed E-state index contributed by atoms with van der Waals surface area (Å²) in [6.45, 7) is 1.59. The molecule has 0 aliphatic heterocycles. The number of aryl methyl sites for hydroxylation is 1. The van der Waals surface area contributed by atoms with Crippen molar-refractivity contribution in [2.75, 3.05) is 0 Å². The van der Waals surface area contributed by atoms with Crippen LogP contribution >= 0.6 is 11.3 Å². The maximum Gasteiger partial charge on any atom is 0.358 e. The molecule has 2 atom stereocenters. The summed E-state index contributed by atoms with van der Waals surface area (Å²) in [5.41, 5.74) is 3.58. The normalized spacial score (nSPS) is 16.5. The molecule has 0 saturated heterocycles. The van der Waals surface area contributed by atoms with Gasteiger partial charge in [0.1, 0.15) is 5.01 Å². The fourth-order valence-corrected chi connectivity index (χ4v) is 4.34. The first-order chi connectivity index (χ1) is 14.1. The Balaban J connectivity index is 1.38. The van der Waals surface area contributed by atoms with Crippen LogP contribution in [0, 0.1) is 0 Å². The van der Waals surface area contributed by atoms with Gasteiger partial charge in [-0.25, -0.2) is 9.78 Å². The van der Waals surface area contributed by atoms with E-state index in [1.54, 1.807) is 12.3 Å². The van der Waals surface area contributed by atoms with Gasteiger partial charge in [-0.3, -0.25) is 4.79 Å². The average Bonchev–Trinajstić information content (AvgIpc) is 3.25. The first-order valence-electron chi connectivity index (χ1n) is 9.72. The zero-order valence-corrected chi connectivity index (χ0v) is 16.9. The van der Waals surface area contributed by atoms with Crippen LogP contribution < -0.4 is 5.32 Å². The largest absolute Gasteiger partial charge is 0.448 e. The zero-order valence-electron chi connectivity index (χ0n) is 16.1. The number of hydrogen-bond donors (Lipinski definition) is 1. The van der Waals surface area contributed by atoms with Crippen molar-refractivity contribution >= 4 is 23.2 Å². The van der Waals surface area contributed by atoms with E-state index in [9.17, 15) is 9.59 Å². The first kappa shape index (κ1) is 19.3. The van der Waals surface area contributed by atoms with Crippen LogP contribution in [0.1, 0.15) is 47.4 Å². The van der Waals surface area contributed by atoms with Crippen LogP contribution in [0.5, 0.6) is 0 Å². The maximum atomic E-state index is 12.6. The summed E-state index contributed by atoms with van der Waals surface area (Å²) in [4.78, 5) is 29.4. The Bertz CT molecular complexity index is 1020. The molecule has 0 spiro atoms. The second-order valence-electron chi connectivity index (χ2n) is 7.10. The van der Waals surface area contributed by atoms with E-state index in [4.69, 9.17) is 4.74 Å². The molecule has 1 N–H and O–H groups in total. The molecule has 0 bridgehead atoms. The Morgan fingerprint density at radius 2 is 1.90 bits per heavy atom. The minimum atomic E-state index is -0.890. The van der Waals surface area contributed by atoms with Gasteiger partial charge in [-0.2, -0.15) is 0 Å². The van der Waals surface area contributed by atoms with Crippen LogP contribution in [0.4, 0.5) is 0 Å². The fraction of sp³-hybridized carbons (Fsp3) is 0.261. The van der Waals surface area contributed by atoms with Crippen LogP contribution in [0.2, 0.25) is 0 Å². The van der Waals surface area contributed by atoms with Gasteiger partial charge in [-0.05, 0) is 37.3 Å². The summed E-state index contributed by atoms with van der Waals surface area (Å²) < 4.78 is 5.37. The highest BCUT2D eigenvalue weighted by molar-refractivity contribution is 7.13. The number of hydrogen-bond acceptors (Lipinski definition) is 5. The Kier molecular flexibility index (Phi) is 5.71. The van der Waals surface area contributed by atoms with E-state index in [2.05, 4.69) is 22.4 Å². The number of aromatic nitrogens is 1. The summed E-state index contributed by atoms with van der Waals surface area (Å²) >= 11 is 1.37. The molecule has 2 aromatic carbocycles. The van der Waals surface area contributed by atoms with E-state index in [1.165, 1.54) is 16.9 Å². The van der Waals surface area contributed by atoms with Crippen LogP contribution in [-0.2, 0) is 16.0 Å². The van der Waals surface area contributed by atoms with Gasteiger partial charge < -0.3 is 10.1 Å². The predicted octanol–water partition coefficient (Wildman–Crippen LogP) is 4.55. The quantitative estimate of drug-likeness (QED) is 0.631. The molecule has 0 fully saturated rings. The van der Waals surface area contributed by atoms with E-state index >= 15 is 0 Å². The van der Waals surface area contributed by atoms with Crippen molar-refractivity contribution < 1.29 is 14.3 Å². The van der Waals surface area contributed by atoms with Crippen molar-refractivity contribution in [3.8, 4) is 10.6 Å². The van der Waals surface area contributed by atoms with Crippen LogP contribution in [0.3, 0.4) is 0 Å². The maximum absolute atomic E-state index is 12.6. The van der Waals surface area contributed by atoms with Gasteiger partial charge in [0.05, 0.1) is 6.04 Å². The predicted molar refractivity (Wildman–Crippen MR) is 113 cm³/mol. The van der Waals surface area contributed by atoms with Crippen LogP contribution in [0.15, 0.2) is 60.0 Å². The first-order valence-corrected chi connectivity index (χ1v) is 10.6. The number of thiazole rings is 1. The third-order valence-electron chi connectivity index (χ3n) is 5.07. The summed E-state index contributed by atoms with van der Waals surface area (Å²) in [7, 11) is 0. The van der Waals surface area contributed by atoms with Gasteiger partial charge in [0, 0.05) is 10.9 Å². The van der Waals surface area contributed by atoms with Gasteiger partial charge in [0.25, 0.3) is 5.91 Å². The van der Waals surface area contributed by atoms with E-state index < -0.39 is 12.1 Å². The van der Waals surface area contributed by atoms with Crippen LogP contribution in [0.25, 0.3) is 10.6 Å². The molecule has 1 aliphatic carbocycles. The SMILES string of the molecule is C[C@@H](OC(=O)c1csc(-c2ccccc2)n1)C(=O)N[C@@H]1CCCc2ccccc21. The summed E-state index contributed by atoms with van der Waals surface area (Å²) in [6.07, 6.45) is 2.05. The van der Waals surface area contributed by atoms with Gasteiger partial charge in [-0.15, -0.1) is 11.3 Å². The van der Waals surface area contributed by atoms with Gasteiger partial charge >= 0.3 is 5.97 Å². The highest BCUT2D eigenvalue weighted by Gasteiger charge is 2.26. The molecule has 0 saturated carbocycles. The molecular weight excluding hydrogens is 384 g/mol. The number of rotatable bonds is 5. The van der Waals surface area contributed by atoms with Crippen molar-refractivity contribution in [2.45, 2.75) is 38.3 Å². The van der Waals surface area contributed by atoms with Crippen LogP contribution in [-0.4, -0.2) is 23.0 Å². The minimum absolute atomic E-state index is 0.0439. The topological polar surface area (TPSA) is 68.3 Å². The molecule has 1 aromatic heterocycles. The third kappa shape index (κ3) is 4.38. The second kappa shape index (κ2) is 8.57. The Hall–Kier alpha value is -2.99. The lowest BCUT2D eigenvalue weighted by Gasteiger charge is -2.27. The molecule has 6 heteroatoms. The molecule has 0 unspecified atom stereocenters. The Morgan fingerprint density at radius 3 is 2.72 bits per heavy atom. The number of carbonyl (C=O) groups is 2. The Labute approximate surface area is 173 Å². The number of esters is 1. The zero-order chi connectivity index (χ0) is 20.2. The van der Waals surface area contributed by atoms with Crippen molar-refractivity contribution in [2.24, 2.45) is 0 Å². The lowest BCUT2D eigenvalue weighted by molar-refractivity contribution is -0.130. The average molecular weight is 407 g/mol. The smallest absolute Gasteiger partial charge is 0.358 e. The van der Waals surface area contributed by atoms with E-state index in [1.807, 2.05) is 42.5 Å². The highest BCUT2D eigenvalue weighted by atomic mass is 32.1. The summed E-state index contributed by atoms with van der Waals surface area (Å²) in [5.74, 6) is -0.881. The van der Waals surface area contributed by atoms with Crippen molar-refractivity contribution in [1.29, 1.82) is 0 Å². The van der Waals surface area contributed by atoms with Gasteiger partial charge in [-0.1, -0.05) is 54.6 Å². The summed E-state index contributed by atoms with van der Waals surface area (Å²) in [6, 6.07) is 17.8. The number of nitrogens with one attached hydrogen (secondary N) is 1. The van der Waals surface area contributed by atoms with Gasteiger partial charge in [0.15, 0.2) is 11.8 Å². The molecule has 0 radical (unpaired) electrons. The molecule has 1 amide bonds. The fourth-order valence-electron chi connectivity index (χ4n) is 3.55. The molecule has 5 nitrogen and oxygen atoms in total. The third-order valence-corrected chi connectivity index (χ3v) is 5.96. The molecular formula is C23H22N2O3S. The number of benzene rings is 2. The monoisotopic (exact) mass is 406 g/mol. The molecule has 148 valence electrons. The number of carbonyl (C=O) groups excluding carboxylic acids is 2. The van der Waals surface area contributed by atoms with E-state index in [-0.39, 0.29) is 17.6 Å². The molecule has 1 aliphatic rings. The number of fused-ring (bicyclic) bond motifs is 1. The van der Waals surface area contributed by atoms with E-state index in [0.717, 1.165) is 35.4 Å². The number of ether oxygens (including phenoxy) is 1. The Morgan fingerprint density at radius 1 is 1.14 bits per heavy atom. The molecule has 29 heavy (non-hydrogen) atoms. The lowest BCUT2D eigenvalue weighted by Crippen LogP contribution is -2.39. The second-order valence-corrected chi connectivity index (χ2v) is 7.96. The summed E-state index contributed by atoms with van der Waals surface area (Å²) in [5, 5.41) is 5.43. The minimum Gasteiger partial charge on any atom is -0.448 e. The lowest BCUT2D eigenvalue weighted by atomic mass is 9.87. The van der Waals surface area contributed by atoms with Gasteiger partial charge in [0.2, 0.25) is 0 Å². The molecule has 3 aromatic rings. The van der Waals surface area contributed by atoms with Crippen molar-refractivity contribution in [3.63, 3.8) is 0 Å². The van der Waals surface area contributed by atoms with Crippen molar-refractivity contribution in [1.82, 2.24) is 10.3 Å². The van der Waals surface area contributed by atoms with Crippen molar-refractivity contribution in [3.05, 3.63) is 76.8 Å². The van der Waals surface area contributed by atoms with E-state index in [0.29, 0.717) is 0 Å². The standard InChI is InChI=1S/C23H22N2O3S/c1-15(21(26)24-19-13-7-11-16-8-5-6-12-18(16)19)28-23(27)20-14-29-22(25-20)17-9-3-2-4-10-17/h2-6,8-10,12,14-15,19H,7,11,13H2,1H3,(H,24,26)/t15-,19-/m1/s1. The molecule has 4 rings (SSSR count). The highest BCUT2D eigenvalue weighted by Crippen LogP contribution is 2.29. The number of amides is 1. The molecule has 1 heterocycles. The number of nitrogens with zero attached hydrogens (tertiary/aromatic N) is 1.